The molecule has 0 radical (unpaired) electrons. The lowest BCUT2D eigenvalue weighted by Crippen LogP contribution is -2.48. The van der Waals surface area contributed by atoms with Gasteiger partial charge in [-0.3, -0.25) is 4.79 Å². The Kier molecular flexibility index (Phi) is 4.59. The lowest BCUT2D eigenvalue weighted by atomic mass is 9.80. The average Bonchev–Trinajstić information content (AvgIpc) is 2.80. The predicted molar refractivity (Wildman–Crippen MR) is 85.2 cm³/mol. The molecule has 1 saturated carbocycles. The highest BCUT2D eigenvalue weighted by atomic mass is 16.2. The number of piperidine rings is 1. The molecule has 0 aromatic heterocycles. The van der Waals surface area contributed by atoms with E-state index in [9.17, 15) is 9.59 Å². The molecule has 124 valence electrons. The average molecular weight is 307 g/mol. The third-order valence-electron chi connectivity index (χ3n) is 6.00. The molecule has 3 fully saturated rings. The second kappa shape index (κ2) is 6.47. The Balaban J connectivity index is 1.60. The lowest BCUT2D eigenvalue weighted by molar-refractivity contribution is -0.136. The summed E-state index contributed by atoms with van der Waals surface area (Å²) >= 11 is 0. The molecule has 1 unspecified atom stereocenters. The standard InChI is InChI=1S/C17H29N3O2/c18-16(22)19-10-5-6-14(12-19)15(21)20-11-9-17(13-20)7-3-1-2-4-8-17/h14H,1-13H2,(H2,18,22). The summed E-state index contributed by atoms with van der Waals surface area (Å²) in [6.07, 6.45) is 10.9. The van der Waals surface area contributed by atoms with Gasteiger partial charge in [-0.2, -0.15) is 0 Å². The van der Waals surface area contributed by atoms with Crippen molar-refractivity contribution in [3.8, 4) is 0 Å². The van der Waals surface area contributed by atoms with Crippen LogP contribution < -0.4 is 5.73 Å². The Morgan fingerprint density at radius 2 is 1.64 bits per heavy atom. The molecule has 0 bridgehead atoms. The molecule has 2 aliphatic heterocycles. The molecule has 1 atom stereocenters. The Bertz CT molecular complexity index is 430. The minimum atomic E-state index is -0.390. The van der Waals surface area contributed by atoms with E-state index in [0.29, 0.717) is 18.5 Å². The molecule has 2 saturated heterocycles. The largest absolute Gasteiger partial charge is 0.351 e. The zero-order valence-corrected chi connectivity index (χ0v) is 13.6. The number of nitrogens with two attached hydrogens (primary N) is 1. The Morgan fingerprint density at radius 3 is 2.32 bits per heavy atom. The van der Waals surface area contributed by atoms with Crippen molar-refractivity contribution < 1.29 is 9.59 Å². The van der Waals surface area contributed by atoms with Crippen LogP contribution in [-0.2, 0) is 4.79 Å². The molecule has 22 heavy (non-hydrogen) atoms. The van der Waals surface area contributed by atoms with Crippen molar-refractivity contribution in [2.75, 3.05) is 26.2 Å². The Hall–Kier alpha value is -1.26. The van der Waals surface area contributed by atoms with Gasteiger partial charge in [-0.1, -0.05) is 25.7 Å². The fourth-order valence-electron chi connectivity index (χ4n) is 4.65. The van der Waals surface area contributed by atoms with Gasteiger partial charge in [-0.05, 0) is 37.5 Å². The first-order valence-electron chi connectivity index (χ1n) is 8.93. The third kappa shape index (κ3) is 3.23. The zero-order valence-electron chi connectivity index (χ0n) is 13.6. The first-order valence-corrected chi connectivity index (χ1v) is 8.93. The van der Waals surface area contributed by atoms with Crippen molar-refractivity contribution in [1.29, 1.82) is 0 Å². The van der Waals surface area contributed by atoms with E-state index in [0.717, 1.165) is 25.9 Å². The molecule has 0 aromatic rings. The highest BCUT2D eigenvalue weighted by Gasteiger charge is 2.41. The fourth-order valence-corrected chi connectivity index (χ4v) is 4.65. The molecule has 3 aliphatic rings. The van der Waals surface area contributed by atoms with Gasteiger partial charge in [-0.25, -0.2) is 4.79 Å². The maximum absolute atomic E-state index is 12.8. The SMILES string of the molecule is NC(=O)N1CCCC(C(=O)N2CCC3(CCCCCC3)C2)C1. The second-order valence-electron chi connectivity index (χ2n) is 7.55. The van der Waals surface area contributed by atoms with Crippen LogP contribution >= 0.6 is 0 Å². The minimum Gasteiger partial charge on any atom is -0.351 e. The van der Waals surface area contributed by atoms with Gasteiger partial charge < -0.3 is 15.5 Å². The van der Waals surface area contributed by atoms with Crippen LogP contribution in [-0.4, -0.2) is 47.9 Å². The van der Waals surface area contributed by atoms with E-state index >= 15 is 0 Å². The highest BCUT2D eigenvalue weighted by molar-refractivity contribution is 5.81. The van der Waals surface area contributed by atoms with Gasteiger partial charge >= 0.3 is 6.03 Å². The van der Waals surface area contributed by atoms with E-state index in [4.69, 9.17) is 5.73 Å². The molecule has 5 nitrogen and oxygen atoms in total. The molecule has 3 rings (SSSR count). The van der Waals surface area contributed by atoms with Crippen LogP contribution in [0.4, 0.5) is 4.79 Å². The number of urea groups is 1. The van der Waals surface area contributed by atoms with Crippen LogP contribution in [0.25, 0.3) is 0 Å². The molecular formula is C17H29N3O2. The van der Waals surface area contributed by atoms with E-state index in [1.165, 1.54) is 44.9 Å². The number of rotatable bonds is 1. The summed E-state index contributed by atoms with van der Waals surface area (Å²) < 4.78 is 0. The lowest BCUT2D eigenvalue weighted by Gasteiger charge is -2.34. The van der Waals surface area contributed by atoms with Crippen molar-refractivity contribution in [3.05, 3.63) is 0 Å². The van der Waals surface area contributed by atoms with Gasteiger partial charge in [-0.15, -0.1) is 0 Å². The van der Waals surface area contributed by atoms with Crippen LogP contribution in [0.5, 0.6) is 0 Å². The van der Waals surface area contributed by atoms with Crippen molar-refractivity contribution in [3.63, 3.8) is 0 Å². The van der Waals surface area contributed by atoms with Crippen molar-refractivity contribution >= 4 is 11.9 Å². The first-order chi connectivity index (χ1) is 10.6. The number of nitrogens with zero attached hydrogens (tertiary/aromatic N) is 2. The van der Waals surface area contributed by atoms with E-state index in [2.05, 4.69) is 4.90 Å². The van der Waals surface area contributed by atoms with Gasteiger partial charge in [0.15, 0.2) is 0 Å². The second-order valence-corrected chi connectivity index (χ2v) is 7.55. The van der Waals surface area contributed by atoms with E-state index in [1.54, 1.807) is 4.90 Å². The van der Waals surface area contributed by atoms with Crippen LogP contribution in [0, 0.1) is 11.3 Å². The van der Waals surface area contributed by atoms with E-state index in [1.807, 2.05) is 0 Å². The predicted octanol–water partition coefficient (Wildman–Crippen LogP) is 2.35. The summed E-state index contributed by atoms with van der Waals surface area (Å²) in [6.45, 7) is 3.06. The molecular weight excluding hydrogens is 278 g/mol. The Morgan fingerprint density at radius 1 is 0.909 bits per heavy atom. The third-order valence-corrected chi connectivity index (χ3v) is 6.00. The zero-order chi connectivity index (χ0) is 15.6. The highest BCUT2D eigenvalue weighted by Crippen LogP contribution is 2.43. The maximum atomic E-state index is 12.8. The van der Waals surface area contributed by atoms with Gasteiger partial charge in [0.1, 0.15) is 0 Å². The van der Waals surface area contributed by atoms with Gasteiger partial charge in [0.25, 0.3) is 0 Å². The summed E-state index contributed by atoms with van der Waals surface area (Å²) in [6, 6.07) is -0.390. The number of likely N-dealkylation sites (tertiary alicyclic amines) is 2. The number of carbonyl (C=O) groups is 2. The summed E-state index contributed by atoms with van der Waals surface area (Å²) in [7, 11) is 0. The number of hydrogen-bond donors (Lipinski definition) is 1. The summed E-state index contributed by atoms with van der Waals surface area (Å²) in [5.74, 6) is 0.217. The number of amides is 3. The number of hydrogen-bond acceptors (Lipinski definition) is 2. The number of carbonyl (C=O) groups excluding carboxylic acids is 2. The maximum Gasteiger partial charge on any atom is 0.314 e. The fraction of sp³-hybridized carbons (Fsp3) is 0.882. The summed E-state index contributed by atoms with van der Waals surface area (Å²) in [5, 5.41) is 0. The minimum absolute atomic E-state index is 0.0396. The van der Waals surface area contributed by atoms with E-state index in [-0.39, 0.29) is 17.9 Å². The molecule has 2 heterocycles. The van der Waals surface area contributed by atoms with Crippen LogP contribution in [0.3, 0.4) is 0 Å². The van der Waals surface area contributed by atoms with Gasteiger partial charge in [0.05, 0.1) is 5.92 Å². The smallest absolute Gasteiger partial charge is 0.314 e. The first kappa shape index (κ1) is 15.6. The van der Waals surface area contributed by atoms with Crippen LogP contribution in [0.2, 0.25) is 0 Å². The van der Waals surface area contributed by atoms with Crippen molar-refractivity contribution in [1.82, 2.24) is 9.80 Å². The molecule has 0 aromatic carbocycles. The summed E-state index contributed by atoms with van der Waals surface area (Å²) in [4.78, 5) is 27.9. The number of primary amides is 1. The normalized spacial score (nSPS) is 28.6. The molecule has 3 amide bonds. The molecule has 1 spiro atoms. The molecule has 2 N–H and O–H groups in total. The summed E-state index contributed by atoms with van der Waals surface area (Å²) in [5.41, 5.74) is 5.77. The van der Waals surface area contributed by atoms with Crippen molar-refractivity contribution in [2.24, 2.45) is 17.1 Å². The molecule has 1 aliphatic carbocycles. The Labute approximate surface area is 133 Å². The molecule has 5 heteroatoms. The van der Waals surface area contributed by atoms with Crippen LogP contribution in [0.15, 0.2) is 0 Å². The quantitative estimate of drug-likeness (QED) is 0.808. The van der Waals surface area contributed by atoms with Gasteiger partial charge in [0, 0.05) is 26.2 Å². The monoisotopic (exact) mass is 307 g/mol. The van der Waals surface area contributed by atoms with Gasteiger partial charge in [0.2, 0.25) is 5.91 Å². The van der Waals surface area contributed by atoms with Crippen LogP contribution in [0.1, 0.15) is 57.8 Å². The van der Waals surface area contributed by atoms with E-state index < -0.39 is 0 Å². The van der Waals surface area contributed by atoms with Crippen molar-refractivity contribution in [2.45, 2.75) is 57.8 Å². The topological polar surface area (TPSA) is 66.6 Å².